The summed E-state index contributed by atoms with van der Waals surface area (Å²) < 4.78 is 4.60. The molecule has 0 N–H and O–H groups in total. The van der Waals surface area contributed by atoms with E-state index >= 15 is 0 Å². The summed E-state index contributed by atoms with van der Waals surface area (Å²) in [4.78, 5) is 23.5. The van der Waals surface area contributed by atoms with Crippen molar-refractivity contribution in [1.82, 2.24) is 0 Å². The molecule has 5 heteroatoms. The molecule has 1 unspecified atom stereocenters. The van der Waals surface area contributed by atoms with Crippen LogP contribution >= 0.6 is 23.2 Å². The quantitative estimate of drug-likeness (QED) is 0.617. The van der Waals surface area contributed by atoms with E-state index < -0.39 is 11.9 Å². The SMILES string of the molecule is CCC(C(=O)Cc1c(Cl)cccc1Cl)C(=O)OC. The highest BCUT2D eigenvalue weighted by Gasteiger charge is 2.26. The summed E-state index contributed by atoms with van der Waals surface area (Å²) in [6.45, 7) is 1.76. The van der Waals surface area contributed by atoms with Crippen LogP contribution in [-0.2, 0) is 20.7 Å². The van der Waals surface area contributed by atoms with Crippen LogP contribution in [0.1, 0.15) is 18.9 Å². The van der Waals surface area contributed by atoms with Crippen LogP contribution in [-0.4, -0.2) is 18.9 Å². The minimum atomic E-state index is -0.762. The molecule has 18 heavy (non-hydrogen) atoms. The molecule has 0 radical (unpaired) electrons. The van der Waals surface area contributed by atoms with Crippen LogP contribution in [0.5, 0.6) is 0 Å². The Hall–Kier alpha value is -1.06. The summed E-state index contributed by atoms with van der Waals surface area (Å²) in [5.74, 6) is -1.52. The maximum Gasteiger partial charge on any atom is 0.316 e. The van der Waals surface area contributed by atoms with Crippen LogP contribution in [0, 0.1) is 5.92 Å². The van der Waals surface area contributed by atoms with Gasteiger partial charge in [0.15, 0.2) is 5.78 Å². The van der Waals surface area contributed by atoms with Crippen LogP contribution < -0.4 is 0 Å². The minimum Gasteiger partial charge on any atom is -0.468 e. The molecule has 0 saturated carbocycles. The number of benzene rings is 1. The number of esters is 1. The molecule has 0 aliphatic heterocycles. The summed E-state index contributed by atoms with van der Waals surface area (Å²) in [7, 11) is 1.26. The maximum absolute atomic E-state index is 12.0. The number of hydrogen-bond acceptors (Lipinski definition) is 3. The number of hydrogen-bond donors (Lipinski definition) is 0. The first kappa shape index (κ1) is 15.0. The first-order valence-corrected chi connectivity index (χ1v) is 6.30. The first-order valence-electron chi connectivity index (χ1n) is 5.54. The van der Waals surface area contributed by atoms with Gasteiger partial charge in [0.05, 0.1) is 7.11 Å². The summed E-state index contributed by atoms with van der Waals surface area (Å²) in [5, 5.41) is 0.853. The second-order valence-corrected chi connectivity index (χ2v) is 4.64. The van der Waals surface area contributed by atoms with Gasteiger partial charge in [0, 0.05) is 16.5 Å². The summed E-state index contributed by atoms with van der Waals surface area (Å²) in [5.41, 5.74) is 0.549. The van der Waals surface area contributed by atoms with E-state index in [1.54, 1.807) is 25.1 Å². The summed E-state index contributed by atoms with van der Waals surface area (Å²) >= 11 is 12.0. The molecule has 0 saturated heterocycles. The molecular formula is C13H14Cl2O3. The molecule has 0 heterocycles. The van der Waals surface area contributed by atoms with E-state index in [9.17, 15) is 9.59 Å². The fourth-order valence-electron chi connectivity index (χ4n) is 1.67. The van der Waals surface area contributed by atoms with E-state index in [-0.39, 0.29) is 12.2 Å². The van der Waals surface area contributed by atoms with Gasteiger partial charge in [-0.2, -0.15) is 0 Å². The highest BCUT2D eigenvalue weighted by atomic mass is 35.5. The van der Waals surface area contributed by atoms with Crippen LogP contribution in [0.25, 0.3) is 0 Å². The lowest BCUT2D eigenvalue weighted by Crippen LogP contribution is -2.26. The second kappa shape index (κ2) is 6.76. The van der Waals surface area contributed by atoms with Crippen LogP contribution in [0.2, 0.25) is 10.0 Å². The number of ether oxygens (including phenoxy) is 1. The standard InChI is InChI=1S/C13H14Cl2O3/c1-3-8(13(17)18-2)12(16)7-9-10(14)5-4-6-11(9)15/h4-6,8H,3,7H2,1-2H3. The van der Waals surface area contributed by atoms with Crippen LogP contribution in [0.4, 0.5) is 0 Å². The smallest absolute Gasteiger partial charge is 0.316 e. The van der Waals surface area contributed by atoms with Gasteiger partial charge in [-0.3, -0.25) is 9.59 Å². The molecule has 1 aromatic rings. The normalized spacial score (nSPS) is 12.0. The number of methoxy groups -OCH3 is 1. The Morgan fingerprint density at radius 3 is 2.28 bits per heavy atom. The van der Waals surface area contributed by atoms with Crippen molar-refractivity contribution >= 4 is 35.0 Å². The average Bonchev–Trinajstić information content (AvgIpc) is 2.34. The third-order valence-corrected chi connectivity index (χ3v) is 3.40. The van der Waals surface area contributed by atoms with E-state index in [1.165, 1.54) is 7.11 Å². The van der Waals surface area contributed by atoms with E-state index in [2.05, 4.69) is 4.74 Å². The Labute approximate surface area is 116 Å². The van der Waals surface area contributed by atoms with E-state index in [1.807, 2.05) is 0 Å². The molecule has 0 spiro atoms. The van der Waals surface area contributed by atoms with Gasteiger partial charge in [0.25, 0.3) is 0 Å². The topological polar surface area (TPSA) is 43.4 Å². The molecule has 0 aliphatic carbocycles. The first-order chi connectivity index (χ1) is 8.51. The molecule has 1 aromatic carbocycles. The zero-order valence-corrected chi connectivity index (χ0v) is 11.7. The second-order valence-electron chi connectivity index (χ2n) is 3.83. The summed E-state index contributed by atoms with van der Waals surface area (Å²) in [6.07, 6.45) is 0.430. The lowest BCUT2D eigenvalue weighted by molar-refractivity contribution is -0.149. The minimum absolute atomic E-state index is 0.0338. The van der Waals surface area contributed by atoms with Crippen molar-refractivity contribution in [2.24, 2.45) is 5.92 Å². The van der Waals surface area contributed by atoms with Gasteiger partial charge in [0.2, 0.25) is 0 Å². The monoisotopic (exact) mass is 288 g/mol. The van der Waals surface area contributed by atoms with Gasteiger partial charge in [-0.15, -0.1) is 0 Å². The Kier molecular flexibility index (Phi) is 5.63. The molecule has 0 aliphatic rings. The predicted octanol–water partition coefficient (Wildman–Crippen LogP) is 3.30. The zero-order chi connectivity index (χ0) is 13.7. The Morgan fingerprint density at radius 2 is 1.83 bits per heavy atom. The van der Waals surface area contributed by atoms with Gasteiger partial charge >= 0.3 is 5.97 Å². The van der Waals surface area contributed by atoms with E-state index in [4.69, 9.17) is 23.2 Å². The van der Waals surface area contributed by atoms with Crippen molar-refractivity contribution in [3.8, 4) is 0 Å². The maximum atomic E-state index is 12.0. The molecule has 98 valence electrons. The highest BCUT2D eigenvalue weighted by Crippen LogP contribution is 2.26. The zero-order valence-electron chi connectivity index (χ0n) is 10.2. The highest BCUT2D eigenvalue weighted by molar-refractivity contribution is 6.36. The fraction of sp³-hybridized carbons (Fsp3) is 0.385. The third-order valence-electron chi connectivity index (χ3n) is 2.70. The van der Waals surface area contributed by atoms with Gasteiger partial charge in [0.1, 0.15) is 5.92 Å². The van der Waals surface area contributed by atoms with E-state index in [0.29, 0.717) is 22.0 Å². The summed E-state index contributed by atoms with van der Waals surface area (Å²) in [6, 6.07) is 5.03. The fourth-order valence-corrected chi connectivity index (χ4v) is 2.20. The molecule has 1 rings (SSSR count). The number of Topliss-reactive ketones (excluding diaryl/α,β-unsaturated/α-hetero) is 1. The van der Waals surface area contributed by atoms with Gasteiger partial charge in [-0.05, 0) is 24.1 Å². The van der Waals surface area contributed by atoms with Crippen molar-refractivity contribution in [3.63, 3.8) is 0 Å². The average molecular weight is 289 g/mol. The van der Waals surface area contributed by atoms with Crippen molar-refractivity contribution in [2.45, 2.75) is 19.8 Å². The number of carbonyl (C=O) groups is 2. The Morgan fingerprint density at radius 1 is 1.28 bits per heavy atom. The van der Waals surface area contributed by atoms with E-state index in [0.717, 1.165) is 0 Å². The number of halogens is 2. The Bertz CT molecular complexity index is 437. The predicted molar refractivity (Wildman–Crippen MR) is 71.0 cm³/mol. The van der Waals surface area contributed by atoms with Crippen LogP contribution in [0.3, 0.4) is 0 Å². The van der Waals surface area contributed by atoms with Gasteiger partial charge in [-0.1, -0.05) is 36.2 Å². The lowest BCUT2D eigenvalue weighted by Gasteiger charge is -2.12. The van der Waals surface area contributed by atoms with Gasteiger partial charge < -0.3 is 4.74 Å². The molecule has 0 bridgehead atoms. The van der Waals surface area contributed by atoms with Gasteiger partial charge in [-0.25, -0.2) is 0 Å². The molecular weight excluding hydrogens is 275 g/mol. The Balaban J connectivity index is 2.90. The van der Waals surface area contributed by atoms with Crippen molar-refractivity contribution in [1.29, 1.82) is 0 Å². The molecule has 0 fully saturated rings. The van der Waals surface area contributed by atoms with Crippen molar-refractivity contribution < 1.29 is 14.3 Å². The number of ketones is 1. The molecule has 3 nitrogen and oxygen atoms in total. The molecule has 1 atom stereocenters. The van der Waals surface area contributed by atoms with Crippen LogP contribution in [0.15, 0.2) is 18.2 Å². The number of rotatable bonds is 5. The molecule has 0 amide bonds. The third kappa shape index (κ3) is 3.47. The van der Waals surface area contributed by atoms with Crippen molar-refractivity contribution in [2.75, 3.05) is 7.11 Å². The number of carbonyl (C=O) groups excluding carboxylic acids is 2. The molecule has 0 aromatic heterocycles. The van der Waals surface area contributed by atoms with Crippen molar-refractivity contribution in [3.05, 3.63) is 33.8 Å². The lowest BCUT2D eigenvalue weighted by atomic mass is 9.95. The largest absolute Gasteiger partial charge is 0.468 e.